The number of fused-ring (bicyclic) bond motifs is 1. The molecule has 168 valence electrons. The van der Waals surface area contributed by atoms with Gasteiger partial charge in [-0.2, -0.15) is 9.78 Å². The molecule has 0 radical (unpaired) electrons. The third-order valence-electron chi connectivity index (χ3n) is 4.97. The van der Waals surface area contributed by atoms with Crippen LogP contribution in [-0.4, -0.2) is 15.9 Å². The van der Waals surface area contributed by atoms with Crippen LogP contribution in [0.25, 0.3) is 10.9 Å². The minimum Gasteiger partial charge on any atom is -0.488 e. The average Bonchev–Trinajstić information content (AvgIpc) is 2.80. The second-order valence-corrected chi connectivity index (χ2v) is 9.55. The first-order valence-electron chi connectivity index (χ1n) is 10.4. The summed E-state index contributed by atoms with van der Waals surface area (Å²) >= 11 is 13.2. The highest BCUT2D eigenvalue weighted by molar-refractivity contribution is 9.10. The quantitative estimate of drug-likeness (QED) is 0.219. The first kappa shape index (κ1) is 23.7. The van der Waals surface area contributed by atoms with Gasteiger partial charge >= 0.3 is 0 Å². The molecule has 33 heavy (non-hydrogen) atoms. The van der Waals surface area contributed by atoms with E-state index in [0.717, 1.165) is 26.5 Å². The van der Waals surface area contributed by atoms with E-state index >= 15 is 0 Å². The number of aryl methyl sites for hydroxylation is 1. The van der Waals surface area contributed by atoms with Gasteiger partial charge in [0.05, 0.1) is 21.6 Å². The van der Waals surface area contributed by atoms with Crippen LogP contribution in [0.3, 0.4) is 0 Å². The van der Waals surface area contributed by atoms with Crippen LogP contribution in [0.1, 0.15) is 30.3 Å². The molecule has 0 unspecified atom stereocenters. The lowest BCUT2D eigenvalue weighted by atomic mass is 10.2. The fourth-order valence-electron chi connectivity index (χ4n) is 3.31. The fourth-order valence-corrected chi connectivity index (χ4v) is 4.37. The predicted octanol–water partition coefficient (Wildman–Crippen LogP) is 6.99. The molecule has 5 nitrogen and oxygen atoms in total. The number of ether oxygens (including phenoxy) is 1. The summed E-state index contributed by atoms with van der Waals surface area (Å²) in [5.41, 5.74) is 2.20. The van der Waals surface area contributed by atoms with Crippen molar-refractivity contribution in [1.82, 2.24) is 9.66 Å². The standard InChI is InChI=1S/C25H20Br2ClN3O2/c1-2-5-24-30-22-10-9-18(26)13-19(22)25(32)31(24)29-14-16-8-11-23(20(27)12-16)33-15-17-6-3-4-7-21(17)28/h3-4,6-14H,2,5,15H2,1H3. The van der Waals surface area contributed by atoms with Crippen molar-refractivity contribution >= 4 is 60.6 Å². The van der Waals surface area contributed by atoms with Crippen LogP contribution >= 0.6 is 43.5 Å². The average molecular weight is 590 g/mol. The summed E-state index contributed by atoms with van der Waals surface area (Å²) in [6.45, 7) is 2.41. The molecule has 3 aromatic carbocycles. The highest BCUT2D eigenvalue weighted by Crippen LogP contribution is 2.27. The van der Waals surface area contributed by atoms with E-state index in [4.69, 9.17) is 16.3 Å². The Bertz CT molecular complexity index is 1400. The molecule has 4 rings (SSSR count). The SMILES string of the molecule is CCCc1nc2ccc(Br)cc2c(=O)n1N=Cc1ccc(OCc2ccccc2Cl)c(Br)c1. The van der Waals surface area contributed by atoms with Gasteiger partial charge in [0.2, 0.25) is 0 Å². The van der Waals surface area contributed by atoms with Gasteiger partial charge in [-0.25, -0.2) is 4.98 Å². The predicted molar refractivity (Wildman–Crippen MR) is 141 cm³/mol. The van der Waals surface area contributed by atoms with Gasteiger partial charge in [0.15, 0.2) is 0 Å². The van der Waals surface area contributed by atoms with Gasteiger partial charge < -0.3 is 4.74 Å². The third kappa shape index (κ3) is 5.54. The molecule has 0 fully saturated rings. The van der Waals surface area contributed by atoms with Crippen molar-refractivity contribution in [3.05, 3.63) is 102 Å². The van der Waals surface area contributed by atoms with Crippen molar-refractivity contribution in [3.8, 4) is 5.75 Å². The van der Waals surface area contributed by atoms with Gasteiger partial charge in [0.1, 0.15) is 18.2 Å². The Kier molecular flexibility index (Phi) is 7.63. The first-order valence-corrected chi connectivity index (χ1v) is 12.3. The second-order valence-electron chi connectivity index (χ2n) is 7.37. The lowest BCUT2D eigenvalue weighted by molar-refractivity contribution is 0.304. The molecule has 0 saturated carbocycles. The van der Waals surface area contributed by atoms with E-state index in [2.05, 4.69) is 41.9 Å². The topological polar surface area (TPSA) is 56.5 Å². The van der Waals surface area contributed by atoms with Gasteiger partial charge in [-0.1, -0.05) is 52.7 Å². The molecule has 0 spiro atoms. The Labute approximate surface area is 213 Å². The van der Waals surface area contributed by atoms with E-state index < -0.39 is 0 Å². The molecule has 0 amide bonds. The highest BCUT2D eigenvalue weighted by atomic mass is 79.9. The second kappa shape index (κ2) is 10.6. The molecule has 1 heterocycles. The van der Waals surface area contributed by atoms with Gasteiger partial charge in [0, 0.05) is 21.5 Å². The van der Waals surface area contributed by atoms with Gasteiger partial charge in [-0.3, -0.25) is 4.79 Å². The van der Waals surface area contributed by atoms with Gasteiger partial charge in [0.25, 0.3) is 5.56 Å². The first-order chi connectivity index (χ1) is 16.0. The number of nitrogens with zero attached hydrogens (tertiary/aromatic N) is 3. The lowest BCUT2D eigenvalue weighted by Gasteiger charge is -2.10. The molecule has 0 aliphatic carbocycles. The summed E-state index contributed by atoms with van der Waals surface area (Å²) in [5, 5.41) is 5.66. The van der Waals surface area contributed by atoms with Crippen LogP contribution in [0.5, 0.6) is 5.75 Å². The zero-order valence-electron chi connectivity index (χ0n) is 17.8. The highest BCUT2D eigenvalue weighted by Gasteiger charge is 2.11. The Balaban J connectivity index is 1.60. The molecule has 8 heteroatoms. The van der Waals surface area contributed by atoms with Crippen molar-refractivity contribution in [3.63, 3.8) is 0 Å². The van der Waals surface area contributed by atoms with Crippen molar-refractivity contribution in [2.75, 3.05) is 0 Å². The van der Waals surface area contributed by atoms with Crippen LogP contribution in [0.2, 0.25) is 5.02 Å². The monoisotopic (exact) mass is 587 g/mol. The van der Waals surface area contributed by atoms with Crippen LogP contribution in [0, 0.1) is 0 Å². The van der Waals surface area contributed by atoms with E-state index in [-0.39, 0.29) is 5.56 Å². The summed E-state index contributed by atoms with van der Waals surface area (Å²) in [7, 11) is 0. The van der Waals surface area contributed by atoms with E-state index in [1.165, 1.54) is 4.68 Å². The summed E-state index contributed by atoms with van der Waals surface area (Å²) < 4.78 is 8.89. The molecule has 4 aromatic rings. The van der Waals surface area contributed by atoms with Crippen LogP contribution < -0.4 is 10.3 Å². The third-order valence-corrected chi connectivity index (χ3v) is 6.45. The maximum Gasteiger partial charge on any atom is 0.282 e. The fraction of sp³-hybridized carbons (Fsp3) is 0.160. The maximum absolute atomic E-state index is 13.1. The Morgan fingerprint density at radius 3 is 2.70 bits per heavy atom. The van der Waals surface area contributed by atoms with Crippen LogP contribution in [0.15, 0.2) is 79.5 Å². The van der Waals surface area contributed by atoms with Crippen molar-refractivity contribution in [2.24, 2.45) is 5.10 Å². The number of aromatic nitrogens is 2. The number of halogens is 3. The van der Waals surface area contributed by atoms with E-state index in [1.54, 1.807) is 12.3 Å². The molecular weight excluding hydrogens is 570 g/mol. The summed E-state index contributed by atoms with van der Waals surface area (Å²) in [6.07, 6.45) is 3.15. The zero-order chi connectivity index (χ0) is 23.4. The Morgan fingerprint density at radius 2 is 1.94 bits per heavy atom. The smallest absolute Gasteiger partial charge is 0.282 e. The van der Waals surface area contributed by atoms with Crippen LogP contribution in [0.4, 0.5) is 0 Å². The molecule has 0 aliphatic rings. The Hall–Kier alpha value is -2.48. The largest absolute Gasteiger partial charge is 0.488 e. The minimum atomic E-state index is -0.195. The molecule has 0 aliphatic heterocycles. The number of hydrogen-bond donors (Lipinski definition) is 0. The summed E-state index contributed by atoms with van der Waals surface area (Å²) in [6, 6.07) is 18.7. The lowest BCUT2D eigenvalue weighted by Crippen LogP contribution is -2.22. The molecular formula is C25H20Br2ClN3O2. The molecule has 0 saturated heterocycles. The Morgan fingerprint density at radius 1 is 1.12 bits per heavy atom. The number of rotatable bonds is 7. The van der Waals surface area contributed by atoms with E-state index in [9.17, 15) is 4.79 Å². The van der Waals surface area contributed by atoms with Crippen molar-refractivity contribution in [1.29, 1.82) is 0 Å². The summed E-state index contributed by atoms with van der Waals surface area (Å²) in [4.78, 5) is 17.8. The minimum absolute atomic E-state index is 0.195. The maximum atomic E-state index is 13.1. The molecule has 0 atom stereocenters. The van der Waals surface area contributed by atoms with Gasteiger partial charge in [-0.15, -0.1) is 0 Å². The number of hydrogen-bond acceptors (Lipinski definition) is 4. The van der Waals surface area contributed by atoms with Crippen molar-refractivity contribution < 1.29 is 4.74 Å². The van der Waals surface area contributed by atoms with Crippen molar-refractivity contribution in [2.45, 2.75) is 26.4 Å². The molecule has 1 aromatic heterocycles. The molecule has 0 N–H and O–H groups in total. The zero-order valence-corrected chi connectivity index (χ0v) is 21.7. The summed E-state index contributed by atoms with van der Waals surface area (Å²) in [5.74, 6) is 1.32. The van der Waals surface area contributed by atoms with Crippen LogP contribution in [-0.2, 0) is 13.0 Å². The van der Waals surface area contributed by atoms with E-state index in [1.807, 2.05) is 61.5 Å². The molecule has 0 bridgehead atoms. The number of benzene rings is 3. The van der Waals surface area contributed by atoms with Gasteiger partial charge in [-0.05, 0) is 70.4 Å². The van der Waals surface area contributed by atoms with E-state index in [0.29, 0.717) is 40.5 Å². The normalized spacial score (nSPS) is 11.4.